The summed E-state index contributed by atoms with van der Waals surface area (Å²) in [7, 11) is 0. The average molecular weight is 241 g/mol. The van der Waals surface area contributed by atoms with Gasteiger partial charge in [-0.1, -0.05) is 0 Å². The van der Waals surface area contributed by atoms with E-state index in [0.29, 0.717) is 17.4 Å². The molecule has 0 aliphatic carbocycles. The highest BCUT2D eigenvalue weighted by Gasteiger charge is 2.14. The number of thioether (sulfide) groups is 1. The lowest BCUT2D eigenvalue weighted by Gasteiger charge is -2.10. The van der Waals surface area contributed by atoms with Crippen LogP contribution in [0.5, 0.6) is 5.75 Å². The molecule has 2 nitrogen and oxygen atoms in total. The van der Waals surface area contributed by atoms with Gasteiger partial charge in [0, 0.05) is 23.9 Å². The summed E-state index contributed by atoms with van der Waals surface area (Å²) in [4.78, 5) is 0. The molecular formula is C12H16FNOS. The Labute approximate surface area is 99.2 Å². The first-order valence-corrected chi connectivity index (χ1v) is 6.60. The van der Waals surface area contributed by atoms with Gasteiger partial charge in [0.05, 0.1) is 0 Å². The van der Waals surface area contributed by atoms with Crippen molar-refractivity contribution in [2.75, 3.05) is 12.3 Å². The van der Waals surface area contributed by atoms with Crippen molar-refractivity contribution in [2.24, 2.45) is 0 Å². The van der Waals surface area contributed by atoms with Crippen LogP contribution < -0.4 is 5.32 Å². The Hall–Kier alpha value is -0.740. The maximum atomic E-state index is 12.9. The van der Waals surface area contributed by atoms with Crippen LogP contribution in [0, 0.1) is 5.82 Å². The Morgan fingerprint density at radius 2 is 2.38 bits per heavy atom. The van der Waals surface area contributed by atoms with E-state index in [-0.39, 0.29) is 11.6 Å². The average Bonchev–Trinajstić information content (AvgIpc) is 2.76. The summed E-state index contributed by atoms with van der Waals surface area (Å²) in [5.41, 5.74) is 0.628. The number of hydrogen-bond acceptors (Lipinski definition) is 3. The van der Waals surface area contributed by atoms with Crippen LogP contribution in [0.15, 0.2) is 18.2 Å². The number of rotatable bonds is 4. The largest absolute Gasteiger partial charge is 0.508 e. The van der Waals surface area contributed by atoms with Crippen LogP contribution in [0.25, 0.3) is 0 Å². The highest BCUT2D eigenvalue weighted by Crippen LogP contribution is 2.25. The number of phenols is 1. The second-order valence-corrected chi connectivity index (χ2v) is 5.45. The van der Waals surface area contributed by atoms with Crippen LogP contribution in [-0.4, -0.2) is 22.7 Å². The van der Waals surface area contributed by atoms with Crippen LogP contribution in [0.3, 0.4) is 0 Å². The third-order valence-corrected chi connectivity index (χ3v) is 4.15. The van der Waals surface area contributed by atoms with Crippen molar-refractivity contribution >= 4 is 11.8 Å². The van der Waals surface area contributed by atoms with Gasteiger partial charge in [-0.3, -0.25) is 0 Å². The standard InChI is InChI=1S/C12H16FNOS/c13-10-3-4-12(15)9(6-10)7-14-8-11-2-1-5-16-11/h3-4,6,11,14-15H,1-2,5,7-8H2. The minimum Gasteiger partial charge on any atom is -0.508 e. The molecule has 0 radical (unpaired) electrons. The summed E-state index contributed by atoms with van der Waals surface area (Å²) >= 11 is 1.99. The van der Waals surface area contributed by atoms with Crippen LogP contribution in [0.4, 0.5) is 4.39 Å². The quantitative estimate of drug-likeness (QED) is 0.849. The van der Waals surface area contributed by atoms with Gasteiger partial charge in [-0.05, 0) is 36.8 Å². The van der Waals surface area contributed by atoms with Crippen molar-refractivity contribution in [3.8, 4) is 5.75 Å². The van der Waals surface area contributed by atoms with E-state index in [4.69, 9.17) is 0 Å². The Kier molecular flexibility index (Phi) is 4.07. The summed E-state index contributed by atoms with van der Waals surface area (Å²) in [6.07, 6.45) is 2.55. The highest BCUT2D eigenvalue weighted by atomic mass is 32.2. The SMILES string of the molecule is Oc1ccc(F)cc1CNCC1CCCS1. The van der Waals surface area contributed by atoms with E-state index in [9.17, 15) is 9.50 Å². The molecule has 1 unspecified atom stereocenters. The predicted octanol–water partition coefficient (Wildman–Crippen LogP) is 2.52. The van der Waals surface area contributed by atoms with E-state index in [1.807, 2.05) is 11.8 Å². The summed E-state index contributed by atoms with van der Waals surface area (Å²) in [6, 6.07) is 4.05. The van der Waals surface area contributed by atoms with Crippen molar-refractivity contribution in [1.82, 2.24) is 5.32 Å². The van der Waals surface area contributed by atoms with Gasteiger partial charge >= 0.3 is 0 Å². The highest BCUT2D eigenvalue weighted by molar-refractivity contribution is 8.00. The van der Waals surface area contributed by atoms with E-state index in [1.54, 1.807) is 0 Å². The number of nitrogens with one attached hydrogen (secondary N) is 1. The van der Waals surface area contributed by atoms with E-state index in [1.165, 1.54) is 36.8 Å². The maximum absolute atomic E-state index is 12.9. The molecule has 0 spiro atoms. The van der Waals surface area contributed by atoms with Gasteiger partial charge in [-0.15, -0.1) is 0 Å². The fourth-order valence-electron chi connectivity index (χ4n) is 1.87. The first-order valence-electron chi connectivity index (χ1n) is 5.55. The van der Waals surface area contributed by atoms with Gasteiger partial charge in [0.2, 0.25) is 0 Å². The zero-order chi connectivity index (χ0) is 11.4. The lowest BCUT2D eigenvalue weighted by atomic mass is 10.2. The molecule has 88 valence electrons. The number of halogens is 1. The summed E-state index contributed by atoms with van der Waals surface area (Å²) in [5, 5.41) is 13.5. The molecule has 1 fully saturated rings. The minimum absolute atomic E-state index is 0.160. The molecule has 2 rings (SSSR count). The monoisotopic (exact) mass is 241 g/mol. The molecule has 0 saturated carbocycles. The Bertz CT molecular complexity index is 353. The Morgan fingerprint density at radius 3 is 3.12 bits per heavy atom. The number of aromatic hydroxyl groups is 1. The third kappa shape index (κ3) is 3.12. The second-order valence-electron chi connectivity index (χ2n) is 4.04. The molecule has 1 heterocycles. The van der Waals surface area contributed by atoms with Crippen LogP contribution in [0.1, 0.15) is 18.4 Å². The lowest BCUT2D eigenvalue weighted by molar-refractivity contribution is 0.461. The zero-order valence-corrected chi connectivity index (χ0v) is 9.89. The van der Waals surface area contributed by atoms with Gasteiger partial charge in [0.1, 0.15) is 11.6 Å². The predicted molar refractivity (Wildman–Crippen MR) is 65.3 cm³/mol. The smallest absolute Gasteiger partial charge is 0.123 e. The summed E-state index contributed by atoms with van der Waals surface area (Å²) in [6.45, 7) is 1.46. The van der Waals surface area contributed by atoms with Crippen molar-refractivity contribution in [1.29, 1.82) is 0 Å². The summed E-state index contributed by atoms with van der Waals surface area (Å²) in [5.74, 6) is 1.11. The molecule has 0 amide bonds. The van der Waals surface area contributed by atoms with Crippen molar-refractivity contribution in [2.45, 2.75) is 24.6 Å². The molecule has 1 aliphatic rings. The first-order chi connectivity index (χ1) is 7.75. The van der Waals surface area contributed by atoms with Gasteiger partial charge in [-0.2, -0.15) is 11.8 Å². The van der Waals surface area contributed by atoms with Crippen LogP contribution in [-0.2, 0) is 6.54 Å². The molecule has 16 heavy (non-hydrogen) atoms. The van der Waals surface area contributed by atoms with Crippen LogP contribution >= 0.6 is 11.8 Å². The van der Waals surface area contributed by atoms with Gasteiger partial charge in [0.25, 0.3) is 0 Å². The fourth-order valence-corrected chi connectivity index (χ4v) is 3.10. The number of benzene rings is 1. The molecule has 1 aliphatic heterocycles. The molecule has 1 atom stereocenters. The maximum Gasteiger partial charge on any atom is 0.123 e. The molecule has 0 bridgehead atoms. The van der Waals surface area contributed by atoms with Crippen LogP contribution in [0.2, 0.25) is 0 Å². The van der Waals surface area contributed by atoms with E-state index < -0.39 is 0 Å². The fraction of sp³-hybridized carbons (Fsp3) is 0.500. The Balaban J connectivity index is 1.82. The Morgan fingerprint density at radius 1 is 1.50 bits per heavy atom. The number of phenolic OH excluding ortho intramolecular Hbond substituents is 1. The van der Waals surface area contributed by atoms with E-state index in [0.717, 1.165) is 6.54 Å². The van der Waals surface area contributed by atoms with Crippen molar-refractivity contribution in [3.63, 3.8) is 0 Å². The van der Waals surface area contributed by atoms with Crippen molar-refractivity contribution in [3.05, 3.63) is 29.6 Å². The number of hydrogen-bond donors (Lipinski definition) is 2. The summed E-state index contributed by atoms with van der Waals surface area (Å²) < 4.78 is 12.9. The first kappa shape index (κ1) is 11.7. The second kappa shape index (κ2) is 5.55. The third-order valence-electron chi connectivity index (χ3n) is 2.75. The van der Waals surface area contributed by atoms with E-state index >= 15 is 0 Å². The topological polar surface area (TPSA) is 32.3 Å². The van der Waals surface area contributed by atoms with Gasteiger partial charge in [0.15, 0.2) is 0 Å². The molecular weight excluding hydrogens is 225 g/mol. The van der Waals surface area contributed by atoms with Crippen molar-refractivity contribution < 1.29 is 9.50 Å². The molecule has 4 heteroatoms. The minimum atomic E-state index is -0.301. The zero-order valence-electron chi connectivity index (χ0n) is 9.08. The normalized spacial score (nSPS) is 20.2. The molecule has 1 aromatic rings. The lowest BCUT2D eigenvalue weighted by Crippen LogP contribution is -2.22. The molecule has 0 aromatic heterocycles. The molecule has 1 aromatic carbocycles. The van der Waals surface area contributed by atoms with Gasteiger partial charge < -0.3 is 10.4 Å². The molecule has 1 saturated heterocycles. The van der Waals surface area contributed by atoms with Gasteiger partial charge in [-0.25, -0.2) is 4.39 Å². The molecule has 2 N–H and O–H groups in total. The van der Waals surface area contributed by atoms with E-state index in [2.05, 4.69) is 5.32 Å².